The Morgan fingerprint density at radius 1 is 1.00 bits per heavy atom. The van der Waals surface area contributed by atoms with Crippen LogP contribution in [0.2, 0.25) is 0 Å². The maximum atomic E-state index is 12.3. The molecule has 5 heteroatoms. The van der Waals surface area contributed by atoms with Crippen molar-refractivity contribution in [3.8, 4) is 5.75 Å². The normalized spacial score (nSPS) is 10.0. The minimum Gasteiger partial charge on any atom is -0.494 e. The molecule has 23 heavy (non-hydrogen) atoms. The molecule has 2 rings (SSSR count). The number of carbonyl (C=O) groups is 2. The molecular formula is C18H20N2O3. The molecule has 2 amide bonds. The molecule has 0 saturated heterocycles. The predicted octanol–water partition coefficient (Wildman–Crippen LogP) is 3.08. The SMILES string of the molecule is CCOc1ccc(NC(=O)C(=O)N(CC)c2ccccc2)cc1. The Bertz CT molecular complexity index is 654. The zero-order chi connectivity index (χ0) is 16.7. The molecule has 0 atom stereocenters. The summed E-state index contributed by atoms with van der Waals surface area (Å²) in [5.74, 6) is -0.538. The second-order valence-corrected chi connectivity index (χ2v) is 4.80. The summed E-state index contributed by atoms with van der Waals surface area (Å²) >= 11 is 0. The number of likely N-dealkylation sites (N-methyl/N-ethyl adjacent to an activating group) is 1. The number of amides is 2. The van der Waals surface area contributed by atoms with E-state index in [0.29, 0.717) is 24.5 Å². The lowest BCUT2D eigenvalue weighted by Gasteiger charge is -2.20. The Labute approximate surface area is 135 Å². The van der Waals surface area contributed by atoms with Crippen molar-refractivity contribution in [2.24, 2.45) is 0 Å². The van der Waals surface area contributed by atoms with Gasteiger partial charge < -0.3 is 15.0 Å². The second kappa shape index (κ2) is 7.98. The molecule has 0 spiro atoms. The number of ether oxygens (including phenoxy) is 1. The van der Waals surface area contributed by atoms with Crippen molar-refractivity contribution < 1.29 is 14.3 Å². The number of rotatable bonds is 5. The molecule has 0 aromatic heterocycles. The Morgan fingerprint density at radius 2 is 1.65 bits per heavy atom. The van der Waals surface area contributed by atoms with Gasteiger partial charge in [-0.2, -0.15) is 0 Å². The molecule has 2 aromatic rings. The van der Waals surface area contributed by atoms with Crippen molar-refractivity contribution in [1.29, 1.82) is 0 Å². The third kappa shape index (κ3) is 4.32. The smallest absolute Gasteiger partial charge is 0.316 e. The lowest BCUT2D eigenvalue weighted by molar-refractivity contribution is -0.134. The number of hydrogen-bond donors (Lipinski definition) is 1. The fourth-order valence-electron chi connectivity index (χ4n) is 2.16. The predicted molar refractivity (Wildman–Crippen MR) is 90.7 cm³/mol. The standard InChI is InChI=1S/C18H20N2O3/c1-3-20(15-8-6-5-7-9-15)18(22)17(21)19-14-10-12-16(13-11-14)23-4-2/h5-13H,3-4H2,1-2H3,(H,19,21). The van der Waals surface area contributed by atoms with Gasteiger partial charge >= 0.3 is 11.8 Å². The molecule has 0 heterocycles. The fourth-order valence-corrected chi connectivity index (χ4v) is 2.16. The maximum absolute atomic E-state index is 12.3. The van der Waals surface area contributed by atoms with E-state index in [2.05, 4.69) is 5.32 Å². The molecule has 120 valence electrons. The molecule has 0 bridgehead atoms. The highest BCUT2D eigenvalue weighted by atomic mass is 16.5. The van der Waals surface area contributed by atoms with Crippen LogP contribution in [0, 0.1) is 0 Å². The van der Waals surface area contributed by atoms with Crippen LogP contribution in [0.25, 0.3) is 0 Å². The molecule has 0 radical (unpaired) electrons. The first-order valence-corrected chi connectivity index (χ1v) is 7.56. The summed E-state index contributed by atoms with van der Waals surface area (Å²) in [6.07, 6.45) is 0. The van der Waals surface area contributed by atoms with Gasteiger partial charge in [0.2, 0.25) is 0 Å². The lowest BCUT2D eigenvalue weighted by atomic mass is 10.2. The number of nitrogens with zero attached hydrogens (tertiary/aromatic N) is 1. The highest BCUT2D eigenvalue weighted by molar-refractivity contribution is 6.44. The average Bonchev–Trinajstić information content (AvgIpc) is 2.58. The number of anilines is 2. The van der Waals surface area contributed by atoms with Crippen molar-refractivity contribution in [1.82, 2.24) is 0 Å². The van der Waals surface area contributed by atoms with Crippen LogP contribution in [-0.4, -0.2) is 25.0 Å². The van der Waals surface area contributed by atoms with Gasteiger partial charge in [-0.25, -0.2) is 0 Å². The van der Waals surface area contributed by atoms with E-state index in [1.165, 1.54) is 4.90 Å². The minimum absolute atomic E-state index is 0.416. The van der Waals surface area contributed by atoms with Gasteiger partial charge in [-0.3, -0.25) is 9.59 Å². The van der Waals surface area contributed by atoms with Crippen LogP contribution in [0.5, 0.6) is 5.75 Å². The van der Waals surface area contributed by atoms with E-state index in [0.717, 1.165) is 5.75 Å². The van der Waals surface area contributed by atoms with Gasteiger partial charge in [-0.15, -0.1) is 0 Å². The lowest BCUT2D eigenvalue weighted by Crippen LogP contribution is -2.39. The Morgan fingerprint density at radius 3 is 2.22 bits per heavy atom. The summed E-state index contributed by atoms with van der Waals surface area (Å²) in [4.78, 5) is 25.9. The highest BCUT2D eigenvalue weighted by Gasteiger charge is 2.21. The third-order valence-corrected chi connectivity index (χ3v) is 3.25. The van der Waals surface area contributed by atoms with Crippen LogP contribution < -0.4 is 15.0 Å². The molecular weight excluding hydrogens is 292 g/mol. The van der Waals surface area contributed by atoms with Gasteiger partial charge in [-0.05, 0) is 50.2 Å². The Kier molecular flexibility index (Phi) is 5.74. The van der Waals surface area contributed by atoms with Crippen LogP contribution in [0.3, 0.4) is 0 Å². The molecule has 0 saturated carbocycles. The van der Waals surface area contributed by atoms with E-state index in [1.54, 1.807) is 36.4 Å². The minimum atomic E-state index is -0.667. The summed E-state index contributed by atoms with van der Waals surface area (Å²) in [6.45, 7) is 4.72. The highest BCUT2D eigenvalue weighted by Crippen LogP contribution is 2.17. The quantitative estimate of drug-likeness (QED) is 0.863. The van der Waals surface area contributed by atoms with Crippen molar-refractivity contribution >= 4 is 23.2 Å². The zero-order valence-electron chi connectivity index (χ0n) is 13.3. The van der Waals surface area contributed by atoms with Crippen LogP contribution in [-0.2, 0) is 9.59 Å². The van der Waals surface area contributed by atoms with Crippen molar-refractivity contribution in [2.75, 3.05) is 23.4 Å². The van der Waals surface area contributed by atoms with E-state index in [-0.39, 0.29) is 0 Å². The second-order valence-electron chi connectivity index (χ2n) is 4.80. The number of nitrogens with one attached hydrogen (secondary N) is 1. The zero-order valence-corrected chi connectivity index (χ0v) is 13.3. The third-order valence-electron chi connectivity index (χ3n) is 3.25. The first kappa shape index (κ1) is 16.5. The van der Waals surface area contributed by atoms with Crippen molar-refractivity contribution in [3.05, 3.63) is 54.6 Å². The Hall–Kier alpha value is -2.82. The number of hydrogen-bond acceptors (Lipinski definition) is 3. The molecule has 0 unspecified atom stereocenters. The molecule has 1 N–H and O–H groups in total. The van der Waals surface area contributed by atoms with E-state index in [9.17, 15) is 9.59 Å². The fraction of sp³-hybridized carbons (Fsp3) is 0.222. The largest absolute Gasteiger partial charge is 0.494 e. The van der Waals surface area contributed by atoms with Crippen LogP contribution in [0.4, 0.5) is 11.4 Å². The van der Waals surface area contributed by atoms with Gasteiger partial charge in [-0.1, -0.05) is 18.2 Å². The molecule has 0 aliphatic heterocycles. The molecule has 0 aliphatic carbocycles. The van der Waals surface area contributed by atoms with Gasteiger partial charge in [0, 0.05) is 17.9 Å². The molecule has 2 aromatic carbocycles. The van der Waals surface area contributed by atoms with Gasteiger partial charge in [0.15, 0.2) is 0 Å². The summed E-state index contributed by atoms with van der Waals surface area (Å²) in [5.41, 5.74) is 1.25. The molecule has 0 fully saturated rings. The first-order chi connectivity index (χ1) is 11.2. The number of para-hydroxylation sites is 1. The van der Waals surface area contributed by atoms with Crippen LogP contribution in [0.1, 0.15) is 13.8 Å². The van der Waals surface area contributed by atoms with Gasteiger partial charge in [0.25, 0.3) is 0 Å². The molecule has 0 aliphatic rings. The van der Waals surface area contributed by atoms with Crippen molar-refractivity contribution in [2.45, 2.75) is 13.8 Å². The Balaban J connectivity index is 2.05. The average molecular weight is 312 g/mol. The topological polar surface area (TPSA) is 58.6 Å². The monoisotopic (exact) mass is 312 g/mol. The summed E-state index contributed by atoms with van der Waals surface area (Å²) < 4.78 is 5.34. The van der Waals surface area contributed by atoms with E-state index < -0.39 is 11.8 Å². The van der Waals surface area contributed by atoms with Crippen molar-refractivity contribution in [3.63, 3.8) is 0 Å². The van der Waals surface area contributed by atoms with Gasteiger partial charge in [0.1, 0.15) is 5.75 Å². The number of benzene rings is 2. The maximum Gasteiger partial charge on any atom is 0.316 e. The van der Waals surface area contributed by atoms with Crippen LogP contribution in [0.15, 0.2) is 54.6 Å². The van der Waals surface area contributed by atoms with E-state index in [1.807, 2.05) is 32.0 Å². The molecule has 5 nitrogen and oxygen atoms in total. The summed E-state index contributed by atoms with van der Waals surface area (Å²) in [5, 5.41) is 2.61. The van der Waals surface area contributed by atoms with Gasteiger partial charge in [0.05, 0.1) is 6.61 Å². The van der Waals surface area contributed by atoms with E-state index in [4.69, 9.17) is 4.74 Å². The van der Waals surface area contributed by atoms with E-state index >= 15 is 0 Å². The summed E-state index contributed by atoms with van der Waals surface area (Å²) in [7, 11) is 0. The summed E-state index contributed by atoms with van der Waals surface area (Å²) in [6, 6.07) is 16.0. The van der Waals surface area contributed by atoms with Crippen LogP contribution >= 0.6 is 0 Å². The first-order valence-electron chi connectivity index (χ1n) is 7.56. The number of carbonyl (C=O) groups excluding carboxylic acids is 2.